The van der Waals surface area contributed by atoms with Gasteiger partial charge in [-0.05, 0) is 29.8 Å². The lowest BCUT2D eigenvalue weighted by atomic mass is 10.1. The summed E-state index contributed by atoms with van der Waals surface area (Å²) in [6.45, 7) is 0.334. The van der Waals surface area contributed by atoms with Crippen LogP contribution in [0.2, 0.25) is 0 Å². The molecule has 5 heteroatoms. The van der Waals surface area contributed by atoms with Gasteiger partial charge in [0.15, 0.2) is 0 Å². The van der Waals surface area contributed by atoms with Crippen molar-refractivity contribution in [3.8, 4) is 0 Å². The van der Waals surface area contributed by atoms with Gasteiger partial charge in [0.1, 0.15) is 0 Å². The monoisotopic (exact) mass is 287 g/mol. The zero-order valence-electron chi connectivity index (χ0n) is 10.5. The molecule has 0 aliphatic carbocycles. The Balaban J connectivity index is 2.00. The number of aromatic carboxylic acids is 1. The Hall–Kier alpha value is -2.27. The van der Waals surface area contributed by atoms with Crippen LogP contribution in [0.25, 0.3) is 0 Å². The van der Waals surface area contributed by atoms with E-state index in [-0.39, 0.29) is 11.5 Å². The van der Waals surface area contributed by atoms with Gasteiger partial charge in [0.25, 0.3) is 5.91 Å². The standard InChI is InChI=1S/C15H13NO3S/c17-14(12-3-1-2-4-13(12)20)16-9-10-5-7-11(8-6-10)15(18)19/h1-8,20H,9H2,(H,16,17)(H,18,19). The Kier molecular flexibility index (Phi) is 4.42. The van der Waals surface area contributed by atoms with E-state index < -0.39 is 5.97 Å². The maximum atomic E-state index is 12.0. The van der Waals surface area contributed by atoms with Crippen LogP contribution in [0.5, 0.6) is 0 Å². The molecular formula is C15H13NO3S. The number of benzene rings is 2. The first-order chi connectivity index (χ1) is 9.58. The summed E-state index contributed by atoms with van der Waals surface area (Å²) in [5.74, 6) is -1.18. The molecule has 0 saturated heterocycles. The summed E-state index contributed by atoms with van der Waals surface area (Å²) in [5.41, 5.74) is 1.57. The third kappa shape index (κ3) is 3.39. The van der Waals surface area contributed by atoms with Gasteiger partial charge >= 0.3 is 5.97 Å². The first-order valence-corrected chi connectivity index (χ1v) is 6.41. The van der Waals surface area contributed by atoms with Crippen LogP contribution in [-0.2, 0) is 6.54 Å². The fraction of sp³-hybridized carbons (Fsp3) is 0.0667. The topological polar surface area (TPSA) is 66.4 Å². The molecule has 0 heterocycles. The second kappa shape index (κ2) is 6.25. The smallest absolute Gasteiger partial charge is 0.335 e. The van der Waals surface area contributed by atoms with Gasteiger partial charge in [-0.2, -0.15) is 0 Å². The van der Waals surface area contributed by atoms with Gasteiger partial charge in [0.2, 0.25) is 0 Å². The Bertz CT molecular complexity index is 638. The molecule has 0 aliphatic heterocycles. The highest BCUT2D eigenvalue weighted by Gasteiger charge is 2.08. The van der Waals surface area contributed by atoms with E-state index >= 15 is 0 Å². The van der Waals surface area contributed by atoms with E-state index in [1.807, 2.05) is 6.07 Å². The molecule has 4 nitrogen and oxygen atoms in total. The highest BCUT2D eigenvalue weighted by atomic mass is 32.1. The summed E-state index contributed by atoms with van der Waals surface area (Å²) in [6.07, 6.45) is 0. The van der Waals surface area contributed by atoms with Gasteiger partial charge in [-0.25, -0.2) is 4.79 Å². The lowest BCUT2D eigenvalue weighted by molar-refractivity contribution is 0.0696. The van der Waals surface area contributed by atoms with Gasteiger partial charge < -0.3 is 10.4 Å². The van der Waals surface area contributed by atoms with Crippen LogP contribution >= 0.6 is 12.6 Å². The molecule has 2 aromatic rings. The SMILES string of the molecule is O=C(O)c1ccc(CNC(=O)c2ccccc2S)cc1. The number of nitrogens with one attached hydrogen (secondary N) is 1. The van der Waals surface area contributed by atoms with Gasteiger partial charge in [-0.15, -0.1) is 12.6 Å². The second-order valence-electron chi connectivity index (χ2n) is 4.20. The molecule has 0 saturated carbocycles. The van der Waals surface area contributed by atoms with Crippen LogP contribution in [0.3, 0.4) is 0 Å². The van der Waals surface area contributed by atoms with Crippen molar-refractivity contribution < 1.29 is 14.7 Å². The average molecular weight is 287 g/mol. The maximum Gasteiger partial charge on any atom is 0.335 e. The van der Waals surface area contributed by atoms with Crippen molar-refractivity contribution in [2.75, 3.05) is 0 Å². The summed E-state index contributed by atoms with van der Waals surface area (Å²) in [4.78, 5) is 23.3. The van der Waals surface area contributed by atoms with Crippen LogP contribution in [0.4, 0.5) is 0 Å². The predicted molar refractivity (Wildman–Crippen MR) is 78.3 cm³/mol. The molecule has 20 heavy (non-hydrogen) atoms. The molecule has 0 bridgehead atoms. The van der Waals surface area contributed by atoms with E-state index in [2.05, 4.69) is 17.9 Å². The van der Waals surface area contributed by atoms with E-state index in [9.17, 15) is 9.59 Å². The summed E-state index contributed by atoms with van der Waals surface area (Å²) < 4.78 is 0. The fourth-order valence-corrected chi connectivity index (χ4v) is 1.97. The van der Waals surface area contributed by atoms with Gasteiger partial charge in [0.05, 0.1) is 11.1 Å². The third-order valence-electron chi connectivity index (χ3n) is 2.80. The van der Waals surface area contributed by atoms with Crippen molar-refractivity contribution >= 4 is 24.5 Å². The molecule has 0 fully saturated rings. The molecule has 0 unspecified atom stereocenters. The highest BCUT2D eigenvalue weighted by Crippen LogP contribution is 2.13. The molecule has 2 aromatic carbocycles. The first kappa shape index (κ1) is 14.1. The number of carbonyl (C=O) groups excluding carboxylic acids is 1. The molecule has 2 rings (SSSR count). The van der Waals surface area contributed by atoms with E-state index in [0.29, 0.717) is 17.0 Å². The van der Waals surface area contributed by atoms with E-state index in [1.165, 1.54) is 12.1 Å². The predicted octanol–water partition coefficient (Wildman–Crippen LogP) is 2.60. The minimum Gasteiger partial charge on any atom is -0.478 e. The molecule has 2 N–H and O–H groups in total. The zero-order chi connectivity index (χ0) is 14.5. The molecule has 0 aliphatic rings. The van der Waals surface area contributed by atoms with Crippen molar-refractivity contribution in [3.05, 3.63) is 65.2 Å². The summed E-state index contributed by atoms with van der Waals surface area (Å²) in [5, 5.41) is 11.6. The number of hydrogen-bond donors (Lipinski definition) is 3. The number of carboxylic acid groups (broad SMARTS) is 1. The second-order valence-corrected chi connectivity index (χ2v) is 4.68. The number of hydrogen-bond acceptors (Lipinski definition) is 3. The third-order valence-corrected chi connectivity index (χ3v) is 3.19. The molecule has 0 aromatic heterocycles. The number of rotatable bonds is 4. The lowest BCUT2D eigenvalue weighted by Gasteiger charge is -2.07. The minimum atomic E-state index is -0.968. The number of amides is 1. The quantitative estimate of drug-likeness (QED) is 0.757. The Morgan fingerprint density at radius 2 is 1.70 bits per heavy atom. The van der Waals surface area contributed by atoms with Crippen LogP contribution in [0.1, 0.15) is 26.3 Å². The summed E-state index contributed by atoms with van der Waals surface area (Å²) >= 11 is 4.23. The number of carbonyl (C=O) groups is 2. The normalized spacial score (nSPS) is 10.1. The molecule has 0 radical (unpaired) electrons. The van der Waals surface area contributed by atoms with Crippen LogP contribution in [-0.4, -0.2) is 17.0 Å². The lowest BCUT2D eigenvalue weighted by Crippen LogP contribution is -2.23. The molecule has 1 amide bonds. The summed E-state index contributed by atoms with van der Waals surface area (Å²) in [6, 6.07) is 13.4. The van der Waals surface area contributed by atoms with Gasteiger partial charge in [-0.1, -0.05) is 24.3 Å². The molecular weight excluding hydrogens is 274 g/mol. The van der Waals surface area contributed by atoms with Crippen molar-refractivity contribution in [2.24, 2.45) is 0 Å². The van der Waals surface area contributed by atoms with Crippen molar-refractivity contribution in [1.29, 1.82) is 0 Å². The molecule has 0 spiro atoms. The fourth-order valence-electron chi connectivity index (χ4n) is 1.71. The minimum absolute atomic E-state index is 0.210. The molecule has 102 valence electrons. The van der Waals surface area contributed by atoms with Crippen molar-refractivity contribution in [3.63, 3.8) is 0 Å². The van der Waals surface area contributed by atoms with Gasteiger partial charge in [-0.3, -0.25) is 4.79 Å². The maximum absolute atomic E-state index is 12.0. The van der Waals surface area contributed by atoms with Crippen molar-refractivity contribution in [1.82, 2.24) is 5.32 Å². The zero-order valence-corrected chi connectivity index (χ0v) is 11.4. The van der Waals surface area contributed by atoms with E-state index in [1.54, 1.807) is 30.3 Å². The highest BCUT2D eigenvalue weighted by molar-refractivity contribution is 7.80. The average Bonchev–Trinajstić information content (AvgIpc) is 2.45. The van der Waals surface area contributed by atoms with E-state index in [4.69, 9.17) is 5.11 Å². The van der Waals surface area contributed by atoms with E-state index in [0.717, 1.165) is 5.56 Å². The van der Waals surface area contributed by atoms with Crippen molar-refractivity contribution in [2.45, 2.75) is 11.4 Å². The van der Waals surface area contributed by atoms with Crippen LogP contribution in [0.15, 0.2) is 53.4 Å². The largest absolute Gasteiger partial charge is 0.478 e. The number of thiol groups is 1. The van der Waals surface area contributed by atoms with Gasteiger partial charge in [0, 0.05) is 11.4 Å². The number of carboxylic acids is 1. The van der Waals surface area contributed by atoms with Crippen LogP contribution < -0.4 is 5.32 Å². The summed E-state index contributed by atoms with van der Waals surface area (Å²) in [7, 11) is 0. The Morgan fingerprint density at radius 3 is 2.30 bits per heavy atom. The Morgan fingerprint density at radius 1 is 1.05 bits per heavy atom. The van der Waals surface area contributed by atoms with Crippen LogP contribution in [0, 0.1) is 0 Å². The Labute approximate surface area is 121 Å². The first-order valence-electron chi connectivity index (χ1n) is 5.96. The molecule has 0 atom stereocenters.